The Balaban J connectivity index is 1.56. The Morgan fingerprint density at radius 1 is 1.27 bits per heavy atom. The zero-order valence-electron chi connectivity index (χ0n) is 13.3. The van der Waals surface area contributed by atoms with E-state index in [0.29, 0.717) is 18.9 Å². The highest BCUT2D eigenvalue weighted by Crippen LogP contribution is 2.35. The Morgan fingerprint density at radius 3 is 2.86 bits per heavy atom. The van der Waals surface area contributed by atoms with Crippen molar-refractivity contribution in [1.82, 2.24) is 5.32 Å². The third-order valence-corrected chi connectivity index (χ3v) is 5.84. The Hall–Kier alpha value is -1.61. The van der Waals surface area contributed by atoms with Crippen LogP contribution in [-0.4, -0.2) is 12.5 Å². The van der Waals surface area contributed by atoms with Gasteiger partial charge in [0.15, 0.2) is 0 Å². The number of hydrogen-bond donors (Lipinski definition) is 1. The molecule has 1 aromatic carbocycles. The molecule has 0 radical (unpaired) electrons. The number of carbonyl (C=O) groups is 1. The predicted octanol–water partition coefficient (Wildman–Crippen LogP) is 4.26. The molecule has 1 aromatic heterocycles. The van der Waals surface area contributed by atoms with Gasteiger partial charge in [-0.15, -0.1) is 11.3 Å². The summed E-state index contributed by atoms with van der Waals surface area (Å²) in [4.78, 5) is 13.6. The summed E-state index contributed by atoms with van der Waals surface area (Å²) >= 11 is 1.75. The van der Waals surface area contributed by atoms with Crippen molar-refractivity contribution in [3.8, 4) is 0 Å². The molecule has 0 fully saturated rings. The number of nitrogens with one attached hydrogen (secondary N) is 1. The summed E-state index contributed by atoms with van der Waals surface area (Å²) in [5.74, 6) is 0.562. The van der Waals surface area contributed by atoms with Gasteiger partial charge in [-0.1, -0.05) is 44.2 Å². The minimum absolute atomic E-state index is 0.00257. The maximum atomic E-state index is 12.3. The third-order valence-electron chi connectivity index (χ3n) is 4.60. The number of rotatable bonds is 5. The molecule has 1 atom stereocenters. The van der Waals surface area contributed by atoms with Gasteiger partial charge in [-0.2, -0.15) is 0 Å². The van der Waals surface area contributed by atoms with Crippen LogP contribution < -0.4 is 5.32 Å². The van der Waals surface area contributed by atoms with Gasteiger partial charge < -0.3 is 5.32 Å². The van der Waals surface area contributed by atoms with Crippen molar-refractivity contribution in [2.24, 2.45) is 0 Å². The van der Waals surface area contributed by atoms with E-state index in [4.69, 9.17) is 0 Å². The molecule has 0 aliphatic heterocycles. The topological polar surface area (TPSA) is 29.1 Å². The normalized spacial score (nSPS) is 17.3. The maximum absolute atomic E-state index is 12.3. The first-order valence-electron chi connectivity index (χ1n) is 7.95. The Kier molecular flexibility index (Phi) is 4.34. The highest BCUT2D eigenvalue weighted by atomic mass is 32.1. The number of aryl methyl sites for hydroxylation is 1. The standard InChI is InChI=1S/C19H23NOS/c1-19(2,17-8-5-11-22-17)13-20-18(21)12-15-10-9-14-6-3-4-7-16(14)15/h3-8,11,15H,9-10,12-13H2,1-2H3,(H,20,21). The summed E-state index contributed by atoms with van der Waals surface area (Å²) in [6.45, 7) is 5.06. The fourth-order valence-corrected chi connectivity index (χ4v) is 4.08. The van der Waals surface area contributed by atoms with E-state index in [2.05, 4.69) is 60.9 Å². The lowest BCUT2D eigenvalue weighted by Crippen LogP contribution is -2.36. The van der Waals surface area contributed by atoms with Crippen LogP contribution in [0.5, 0.6) is 0 Å². The highest BCUT2D eigenvalue weighted by Gasteiger charge is 2.26. The second-order valence-corrected chi connectivity index (χ2v) is 7.72. The zero-order chi connectivity index (χ0) is 15.6. The van der Waals surface area contributed by atoms with Crippen molar-refractivity contribution in [2.75, 3.05) is 6.54 Å². The zero-order valence-corrected chi connectivity index (χ0v) is 14.1. The lowest BCUT2D eigenvalue weighted by atomic mass is 9.91. The lowest BCUT2D eigenvalue weighted by molar-refractivity contribution is -0.121. The molecular weight excluding hydrogens is 290 g/mol. The number of carbonyl (C=O) groups excluding carboxylic acids is 1. The molecule has 3 rings (SSSR count). The van der Waals surface area contributed by atoms with Crippen LogP contribution in [0.3, 0.4) is 0 Å². The quantitative estimate of drug-likeness (QED) is 0.878. The molecule has 0 bridgehead atoms. The van der Waals surface area contributed by atoms with Gasteiger partial charge in [0.25, 0.3) is 0 Å². The molecule has 0 spiro atoms. The molecule has 22 heavy (non-hydrogen) atoms. The summed E-state index contributed by atoms with van der Waals surface area (Å²) in [7, 11) is 0. The Morgan fingerprint density at radius 2 is 2.09 bits per heavy atom. The second kappa shape index (κ2) is 6.25. The van der Waals surface area contributed by atoms with Crippen LogP contribution in [0.25, 0.3) is 0 Å². The summed E-state index contributed by atoms with van der Waals surface area (Å²) in [5, 5.41) is 5.23. The first kappa shape index (κ1) is 15.3. The van der Waals surface area contributed by atoms with E-state index in [-0.39, 0.29) is 11.3 Å². The maximum Gasteiger partial charge on any atom is 0.220 e. The van der Waals surface area contributed by atoms with Gasteiger partial charge in [-0.05, 0) is 41.3 Å². The SMILES string of the molecule is CC(C)(CNC(=O)CC1CCc2ccccc21)c1cccs1. The van der Waals surface area contributed by atoms with E-state index in [1.54, 1.807) is 11.3 Å². The van der Waals surface area contributed by atoms with Crippen molar-refractivity contribution in [2.45, 2.75) is 44.4 Å². The fraction of sp³-hybridized carbons (Fsp3) is 0.421. The molecule has 2 aromatic rings. The monoisotopic (exact) mass is 313 g/mol. The average molecular weight is 313 g/mol. The molecule has 1 unspecified atom stereocenters. The van der Waals surface area contributed by atoms with Gasteiger partial charge in [0, 0.05) is 23.3 Å². The highest BCUT2D eigenvalue weighted by molar-refractivity contribution is 7.10. The van der Waals surface area contributed by atoms with Gasteiger partial charge in [-0.3, -0.25) is 4.79 Å². The summed E-state index contributed by atoms with van der Waals surface area (Å²) < 4.78 is 0. The van der Waals surface area contributed by atoms with E-state index in [1.165, 1.54) is 16.0 Å². The summed E-state index contributed by atoms with van der Waals surface area (Å²) in [5.41, 5.74) is 2.78. The molecular formula is C19H23NOS. The minimum Gasteiger partial charge on any atom is -0.355 e. The number of amides is 1. The fourth-order valence-electron chi connectivity index (χ4n) is 3.22. The van der Waals surface area contributed by atoms with Crippen molar-refractivity contribution in [3.05, 3.63) is 57.8 Å². The Labute approximate surface area is 136 Å². The lowest BCUT2D eigenvalue weighted by Gasteiger charge is -2.24. The number of hydrogen-bond acceptors (Lipinski definition) is 2. The van der Waals surface area contributed by atoms with E-state index in [0.717, 1.165) is 12.8 Å². The average Bonchev–Trinajstić information content (AvgIpc) is 3.16. The smallest absolute Gasteiger partial charge is 0.220 e. The summed E-state index contributed by atoms with van der Waals surface area (Å²) in [6, 6.07) is 12.7. The number of benzene rings is 1. The van der Waals surface area contributed by atoms with Crippen molar-refractivity contribution in [3.63, 3.8) is 0 Å². The molecule has 1 aliphatic carbocycles. The first-order chi connectivity index (χ1) is 10.6. The van der Waals surface area contributed by atoms with Crippen LogP contribution in [0.1, 0.15) is 48.6 Å². The molecule has 2 nitrogen and oxygen atoms in total. The largest absolute Gasteiger partial charge is 0.355 e. The first-order valence-corrected chi connectivity index (χ1v) is 8.83. The van der Waals surface area contributed by atoms with E-state index in [1.807, 2.05) is 0 Å². The minimum atomic E-state index is -0.00257. The third kappa shape index (κ3) is 3.25. The van der Waals surface area contributed by atoms with Crippen molar-refractivity contribution in [1.29, 1.82) is 0 Å². The predicted molar refractivity (Wildman–Crippen MR) is 92.5 cm³/mol. The summed E-state index contributed by atoms with van der Waals surface area (Å²) in [6.07, 6.45) is 2.81. The molecule has 0 saturated carbocycles. The Bertz CT molecular complexity index is 645. The van der Waals surface area contributed by atoms with Gasteiger partial charge in [0.2, 0.25) is 5.91 Å². The molecule has 1 aliphatic rings. The van der Waals surface area contributed by atoms with Gasteiger partial charge in [-0.25, -0.2) is 0 Å². The van der Waals surface area contributed by atoms with E-state index < -0.39 is 0 Å². The van der Waals surface area contributed by atoms with Crippen LogP contribution in [0, 0.1) is 0 Å². The molecule has 1 amide bonds. The number of fused-ring (bicyclic) bond motifs is 1. The van der Waals surface area contributed by atoms with Crippen LogP contribution in [0.4, 0.5) is 0 Å². The van der Waals surface area contributed by atoms with Crippen LogP contribution in [-0.2, 0) is 16.6 Å². The molecule has 1 N–H and O–H groups in total. The van der Waals surface area contributed by atoms with Crippen LogP contribution in [0.2, 0.25) is 0 Å². The van der Waals surface area contributed by atoms with Crippen LogP contribution in [0.15, 0.2) is 41.8 Å². The molecule has 3 heteroatoms. The van der Waals surface area contributed by atoms with Crippen LogP contribution >= 0.6 is 11.3 Å². The molecule has 116 valence electrons. The van der Waals surface area contributed by atoms with E-state index >= 15 is 0 Å². The van der Waals surface area contributed by atoms with Gasteiger partial charge >= 0.3 is 0 Å². The van der Waals surface area contributed by atoms with Crippen molar-refractivity contribution < 1.29 is 4.79 Å². The molecule has 0 saturated heterocycles. The molecule has 1 heterocycles. The second-order valence-electron chi connectivity index (χ2n) is 6.78. The van der Waals surface area contributed by atoms with E-state index in [9.17, 15) is 4.79 Å². The van der Waals surface area contributed by atoms with Gasteiger partial charge in [0.05, 0.1) is 0 Å². The number of thiophene rings is 1. The van der Waals surface area contributed by atoms with Crippen molar-refractivity contribution >= 4 is 17.2 Å². The van der Waals surface area contributed by atoms with Gasteiger partial charge in [0.1, 0.15) is 0 Å².